The highest BCUT2D eigenvalue weighted by molar-refractivity contribution is 5.82. The van der Waals surface area contributed by atoms with Crippen LogP contribution in [0.5, 0.6) is 11.5 Å². The largest absolute Gasteiger partial charge is 0.508 e. The molecule has 8 N–H and O–H groups in total. The Morgan fingerprint density at radius 1 is 0.733 bits per heavy atom. The zero-order valence-electron chi connectivity index (χ0n) is 26.9. The van der Waals surface area contributed by atoms with E-state index in [4.69, 9.17) is 11.5 Å². The summed E-state index contributed by atoms with van der Waals surface area (Å²) in [7, 11) is 0. The van der Waals surface area contributed by atoms with E-state index >= 15 is 0 Å². The van der Waals surface area contributed by atoms with Gasteiger partial charge >= 0.3 is 0 Å². The first-order chi connectivity index (χ1) is 21.5. The molecule has 6 rings (SSSR count). The molecule has 8 nitrogen and oxygen atoms in total. The van der Waals surface area contributed by atoms with Crippen LogP contribution in [0.15, 0.2) is 48.5 Å². The number of fused-ring (bicyclic) bond motifs is 5. The fraction of sp³-hybridized carbons (Fsp3) is 0.622. The lowest BCUT2D eigenvalue weighted by molar-refractivity contribution is -0.129. The maximum atomic E-state index is 13.2. The van der Waals surface area contributed by atoms with Gasteiger partial charge in [-0.15, -0.1) is 0 Å². The lowest BCUT2D eigenvalue weighted by Gasteiger charge is -2.61. The Morgan fingerprint density at radius 3 is 1.87 bits per heavy atom. The number of carbonyl (C=O) groups excluding carboxylic acids is 2. The van der Waals surface area contributed by atoms with Crippen molar-refractivity contribution in [3.63, 3.8) is 0 Å². The number of nitrogens with two attached hydrogens (primary N) is 2. The standard InChI is InChI=1S/C37H52N4O4/c1-36-17-15-25(40-34(44)31(38)19-22-3-8-26(42)9-4-22)21-24(36)7-12-28-29-13-14-33(37(29,2)18-16-30(28)36)41-35(45)32(39)20-23-5-10-27(43)11-6-23/h3-6,8-11,24-25,28-33,42-43H,7,12-21,38-39H2,1-2H3,(H,40,44)(H,41,45). The van der Waals surface area contributed by atoms with Crippen LogP contribution in [0.25, 0.3) is 0 Å². The molecule has 244 valence electrons. The van der Waals surface area contributed by atoms with E-state index in [1.807, 2.05) is 24.3 Å². The zero-order chi connectivity index (χ0) is 31.9. The van der Waals surface area contributed by atoms with Crippen LogP contribution in [-0.2, 0) is 22.4 Å². The summed E-state index contributed by atoms with van der Waals surface area (Å²) in [6, 6.07) is 12.9. The minimum atomic E-state index is -0.610. The van der Waals surface area contributed by atoms with Crippen molar-refractivity contribution in [3.05, 3.63) is 59.7 Å². The molecule has 4 aliphatic rings. The molecule has 2 aromatic rings. The quantitative estimate of drug-likeness (QED) is 0.256. The average molecular weight is 617 g/mol. The predicted octanol–water partition coefficient (Wildman–Crippen LogP) is 4.55. The number of carbonyl (C=O) groups is 2. The number of phenolic OH excluding ortho intramolecular Hbond substituents is 2. The van der Waals surface area contributed by atoms with Crippen LogP contribution >= 0.6 is 0 Å². The first-order valence-corrected chi connectivity index (χ1v) is 17.1. The van der Waals surface area contributed by atoms with Crippen molar-refractivity contribution in [2.24, 2.45) is 46.0 Å². The Labute approximate surface area is 267 Å². The van der Waals surface area contributed by atoms with Gasteiger partial charge in [-0.2, -0.15) is 0 Å². The Bertz CT molecular complexity index is 1370. The van der Waals surface area contributed by atoms with Crippen molar-refractivity contribution in [2.45, 2.75) is 109 Å². The maximum absolute atomic E-state index is 13.2. The smallest absolute Gasteiger partial charge is 0.237 e. The third-order valence-electron chi connectivity index (χ3n) is 12.8. The van der Waals surface area contributed by atoms with Gasteiger partial charge in [0, 0.05) is 12.1 Å². The lowest BCUT2D eigenvalue weighted by atomic mass is 9.45. The van der Waals surface area contributed by atoms with Crippen LogP contribution in [0.3, 0.4) is 0 Å². The van der Waals surface area contributed by atoms with Gasteiger partial charge < -0.3 is 32.3 Å². The van der Waals surface area contributed by atoms with E-state index in [9.17, 15) is 19.8 Å². The Balaban J connectivity index is 1.04. The molecule has 0 radical (unpaired) electrons. The van der Waals surface area contributed by atoms with Crippen molar-refractivity contribution in [3.8, 4) is 11.5 Å². The minimum absolute atomic E-state index is 0.0732. The van der Waals surface area contributed by atoms with Crippen LogP contribution in [0, 0.1) is 34.5 Å². The van der Waals surface area contributed by atoms with Gasteiger partial charge in [-0.05, 0) is 141 Å². The van der Waals surface area contributed by atoms with Gasteiger partial charge in [-0.1, -0.05) is 38.1 Å². The van der Waals surface area contributed by atoms with Crippen LogP contribution in [0.1, 0.15) is 82.8 Å². The van der Waals surface area contributed by atoms with Gasteiger partial charge in [0.05, 0.1) is 12.1 Å². The molecular weight excluding hydrogens is 564 g/mol. The van der Waals surface area contributed by atoms with Gasteiger partial charge in [-0.25, -0.2) is 0 Å². The zero-order valence-corrected chi connectivity index (χ0v) is 26.9. The van der Waals surface area contributed by atoms with Crippen LogP contribution in [0.4, 0.5) is 0 Å². The number of phenols is 2. The summed E-state index contributed by atoms with van der Waals surface area (Å²) in [6.07, 6.45) is 11.0. The molecule has 4 saturated carbocycles. The second kappa shape index (κ2) is 12.6. The van der Waals surface area contributed by atoms with Crippen LogP contribution < -0.4 is 22.1 Å². The molecule has 10 unspecified atom stereocenters. The molecule has 2 aromatic carbocycles. The number of hydrogen-bond acceptors (Lipinski definition) is 6. The molecule has 8 heteroatoms. The van der Waals surface area contributed by atoms with Crippen molar-refractivity contribution >= 4 is 11.8 Å². The van der Waals surface area contributed by atoms with Gasteiger partial charge in [0.25, 0.3) is 0 Å². The molecule has 0 aromatic heterocycles. The van der Waals surface area contributed by atoms with E-state index in [1.54, 1.807) is 24.3 Å². The SMILES string of the molecule is CC12CCC(NC(=O)C(N)Cc3ccc(O)cc3)CC1CCC1C2CCC2(C)C(NC(=O)C(N)Cc3ccc(O)cc3)CCC12. The van der Waals surface area contributed by atoms with Crippen molar-refractivity contribution in [2.75, 3.05) is 0 Å². The molecule has 10 atom stereocenters. The molecule has 0 saturated heterocycles. The minimum Gasteiger partial charge on any atom is -0.508 e. The van der Waals surface area contributed by atoms with Crippen molar-refractivity contribution in [1.82, 2.24) is 10.6 Å². The van der Waals surface area contributed by atoms with E-state index in [-0.39, 0.29) is 46.2 Å². The second-order valence-electron chi connectivity index (χ2n) is 15.3. The number of rotatable bonds is 8. The van der Waals surface area contributed by atoms with E-state index in [0.717, 1.165) is 49.7 Å². The van der Waals surface area contributed by atoms with Crippen molar-refractivity contribution < 1.29 is 19.8 Å². The lowest BCUT2D eigenvalue weighted by Crippen LogP contribution is -2.58. The monoisotopic (exact) mass is 616 g/mol. The molecule has 2 amide bonds. The second-order valence-corrected chi connectivity index (χ2v) is 15.3. The molecule has 0 spiro atoms. The summed E-state index contributed by atoms with van der Waals surface area (Å²) in [5.41, 5.74) is 14.9. The van der Waals surface area contributed by atoms with Crippen molar-refractivity contribution in [1.29, 1.82) is 0 Å². The highest BCUT2D eigenvalue weighted by Gasteiger charge is 2.60. The van der Waals surface area contributed by atoms with Crippen LogP contribution in [0.2, 0.25) is 0 Å². The third kappa shape index (κ3) is 6.33. The number of nitrogens with one attached hydrogen (secondary N) is 2. The van der Waals surface area contributed by atoms with E-state index < -0.39 is 12.1 Å². The number of amides is 2. The summed E-state index contributed by atoms with van der Waals surface area (Å²) >= 11 is 0. The third-order valence-corrected chi connectivity index (χ3v) is 12.8. The van der Waals surface area contributed by atoms with E-state index in [2.05, 4.69) is 24.5 Å². The first-order valence-electron chi connectivity index (χ1n) is 17.1. The predicted molar refractivity (Wildman–Crippen MR) is 175 cm³/mol. The van der Waals surface area contributed by atoms with Gasteiger partial charge in [-0.3, -0.25) is 9.59 Å². The molecule has 0 bridgehead atoms. The molecule has 45 heavy (non-hydrogen) atoms. The Morgan fingerprint density at radius 2 is 1.27 bits per heavy atom. The van der Waals surface area contributed by atoms with E-state index in [0.29, 0.717) is 36.5 Å². The van der Waals surface area contributed by atoms with Gasteiger partial charge in [0.15, 0.2) is 0 Å². The molecule has 0 aliphatic heterocycles. The fourth-order valence-electron chi connectivity index (χ4n) is 10.2. The topological polar surface area (TPSA) is 151 Å². The summed E-state index contributed by atoms with van der Waals surface area (Å²) in [5.74, 6) is 2.85. The summed E-state index contributed by atoms with van der Waals surface area (Å²) in [4.78, 5) is 26.3. The fourth-order valence-corrected chi connectivity index (χ4v) is 10.2. The molecule has 4 aliphatic carbocycles. The number of hydrogen-bond donors (Lipinski definition) is 6. The molecule has 0 heterocycles. The molecular formula is C37H52N4O4. The highest BCUT2D eigenvalue weighted by atomic mass is 16.3. The summed E-state index contributed by atoms with van der Waals surface area (Å²) in [5, 5.41) is 25.8. The maximum Gasteiger partial charge on any atom is 0.237 e. The average Bonchev–Trinajstić information content (AvgIpc) is 3.35. The first kappa shape index (κ1) is 31.9. The Hall–Kier alpha value is -3.10. The number of aromatic hydroxyl groups is 2. The summed E-state index contributed by atoms with van der Waals surface area (Å²) < 4.78 is 0. The molecule has 4 fully saturated rings. The summed E-state index contributed by atoms with van der Waals surface area (Å²) in [6.45, 7) is 4.95. The normalized spacial score (nSPS) is 35.3. The van der Waals surface area contributed by atoms with E-state index in [1.165, 1.54) is 19.3 Å². The van der Waals surface area contributed by atoms with Crippen LogP contribution in [-0.4, -0.2) is 46.2 Å². The number of benzene rings is 2. The van der Waals surface area contributed by atoms with Gasteiger partial charge in [0.2, 0.25) is 11.8 Å². The Kier molecular flexibility index (Phi) is 8.92. The highest BCUT2D eigenvalue weighted by Crippen LogP contribution is 2.66. The van der Waals surface area contributed by atoms with Gasteiger partial charge in [0.1, 0.15) is 11.5 Å².